The lowest BCUT2D eigenvalue weighted by atomic mass is 10.0. The Labute approximate surface area is 114 Å². The minimum absolute atomic E-state index is 0.285. The van der Waals surface area contributed by atoms with Crippen molar-refractivity contribution in [3.63, 3.8) is 0 Å². The average Bonchev–Trinajstić information content (AvgIpc) is 2.48. The molecular formula is C14H23O5. The first kappa shape index (κ1) is 14.9. The normalized spacial score (nSPS) is 39.4. The highest BCUT2D eigenvalue weighted by Crippen LogP contribution is 2.34. The van der Waals surface area contributed by atoms with Gasteiger partial charge in [-0.3, -0.25) is 0 Å². The lowest BCUT2D eigenvalue weighted by Gasteiger charge is -2.46. The lowest BCUT2D eigenvalue weighted by Crippen LogP contribution is -2.59. The highest BCUT2D eigenvalue weighted by atomic mass is 17.0. The molecule has 0 unspecified atom stereocenters. The number of rotatable bonds is 5. The molecule has 1 spiro atoms. The summed E-state index contributed by atoms with van der Waals surface area (Å²) in [4.78, 5) is 0. The van der Waals surface area contributed by atoms with E-state index in [1.165, 1.54) is 0 Å². The zero-order valence-electron chi connectivity index (χ0n) is 11.7. The van der Waals surface area contributed by atoms with Crippen LogP contribution in [-0.2, 0) is 23.7 Å². The molecule has 0 N–H and O–H groups in total. The van der Waals surface area contributed by atoms with Gasteiger partial charge in [0.2, 0.25) is 0 Å². The van der Waals surface area contributed by atoms with Gasteiger partial charge in [-0.1, -0.05) is 19.9 Å². The third-order valence-corrected chi connectivity index (χ3v) is 3.60. The fourth-order valence-corrected chi connectivity index (χ4v) is 2.02. The highest BCUT2D eigenvalue weighted by molar-refractivity contribution is 4.85. The number of ether oxygens (including phenoxy) is 5. The summed E-state index contributed by atoms with van der Waals surface area (Å²) in [5, 5.41) is 0. The predicted octanol–water partition coefficient (Wildman–Crippen LogP) is 1.88. The van der Waals surface area contributed by atoms with Crippen LogP contribution in [0.15, 0.2) is 12.7 Å². The van der Waals surface area contributed by atoms with E-state index in [9.17, 15) is 0 Å². The van der Waals surface area contributed by atoms with Crippen molar-refractivity contribution in [2.45, 2.75) is 32.0 Å². The molecule has 2 heterocycles. The molecule has 0 aliphatic carbocycles. The van der Waals surface area contributed by atoms with Crippen molar-refractivity contribution in [1.82, 2.24) is 0 Å². The SMILES string of the molecule is C=CCOC1(CC)COC2(OCC([CH]C)CO2)OC1. The molecule has 2 aliphatic rings. The monoisotopic (exact) mass is 271 g/mol. The van der Waals surface area contributed by atoms with Gasteiger partial charge < -0.3 is 23.7 Å². The zero-order valence-corrected chi connectivity index (χ0v) is 11.7. The average molecular weight is 271 g/mol. The zero-order chi connectivity index (χ0) is 13.8. The maximum Gasteiger partial charge on any atom is 0.412 e. The van der Waals surface area contributed by atoms with Crippen molar-refractivity contribution >= 4 is 0 Å². The van der Waals surface area contributed by atoms with Crippen LogP contribution < -0.4 is 0 Å². The Hall–Kier alpha value is -0.460. The van der Waals surface area contributed by atoms with E-state index in [-0.39, 0.29) is 5.92 Å². The van der Waals surface area contributed by atoms with Gasteiger partial charge in [-0.25, -0.2) is 0 Å². The van der Waals surface area contributed by atoms with Crippen LogP contribution in [0.1, 0.15) is 20.3 Å². The van der Waals surface area contributed by atoms with E-state index in [1.54, 1.807) is 6.08 Å². The van der Waals surface area contributed by atoms with Crippen LogP contribution in [0.25, 0.3) is 0 Å². The molecule has 2 aliphatic heterocycles. The minimum atomic E-state index is -1.34. The molecule has 0 amide bonds. The predicted molar refractivity (Wildman–Crippen MR) is 69.2 cm³/mol. The van der Waals surface area contributed by atoms with Gasteiger partial charge in [-0.2, -0.15) is 0 Å². The molecule has 19 heavy (non-hydrogen) atoms. The summed E-state index contributed by atoms with van der Waals surface area (Å²) in [6.07, 6.45) is 3.23. The Morgan fingerprint density at radius 2 is 1.84 bits per heavy atom. The van der Waals surface area contributed by atoms with E-state index in [4.69, 9.17) is 23.7 Å². The summed E-state index contributed by atoms with van der Waals surface area (Å²) in [5.41, 5.74) is -0.445. The molecule has 0 saturated carbocycles. The summed E-state index contributed by atoms with van der Waals surface area (Å²) < 4.78 is 28.2. The van der Waals surface area contributed by atoms with Crippen molar-refractivity contribution in [1.29, 1.82) is 0 Å². The van der Waals surface area contributed by atoms with Crippen LogP contribution in [0.3, 0.4) is 0 Å². The summed E-state index contributed by atoms with van der Waals surface area (Å²) in [5.74, 6) is 0.285. The highest BCUT2D eigenvalue weighted by Gasteiger charge is 2.49. The Bertz CT molecular complexity index is 286. The molecule has 0 aromatic heterocycles. The molecule has 2 rings (SSSR count). The van der Waals surface area contributed by atoms with Crippen LogP contribution in [0.2, 0.25) is 0 Å². The van der Waals surface area contributed by atoms with E-state index < -0.39 is 11.8 Å². The second kappa shape index (κ2) is 6.33. The van der Waals surface area contributed by atoms with E-state index in [2.05, 4.69) is 13.0 Å². The fourth-order valence-electron chi connectivity index (χ4n) is 2.02. The standard InChI is InChI=1S/C14H23O5/c1-4-7-15-13(6-3)10-18-14(19-11-13)16-8-12(5-2)9-17-14/h4-5,12H,1,6-11H2,2-3H3. The topological polar surface area (TPSA) is 46.2 Å². The van der Waals surface area contributed by atoms with Crippen molar-refractivity contribution in [3.05, 3.63) is 19.1 Å². The molecule has 5 heteroatoms. The Balaban J connectivity index is 1.89. The Kier molecular flexibility index (Phi) is 4.97. The molecule has 5 nitrogen and oxygen atoms in total. The minimum Gasteiger partial charge on any atom is -0.366 e. The third-order valence-electron chi connectivity index (χ3n) is 3.60. The van der Waals surface area contributed by atoms with E-state index in [0.29, 0.717) is 33.0 Å². The van der Waals surface area contributed by atoms with Crippen LogP contribution >= 0.6 is 0 Å². The Morgan fingerprint density at radius 3 is 2.32 bits per heavy atom. The first-order valence-electron chi connectivity index (χ1n) is 6.78. The van der Waals surface area contributed by atoms with Gasteiger partial charge in [-0.05, 0) is 12.8 Å². The molecular weight excluding hydrogens is 248 g/mol. The molecule has 1 radical (unpaired) electrons. The number of hydrogen-bond acceptors (Lipinski definition) is 5. The van der Waals surface area contributed by atoms with Gasteiger partial charge in [0.15, 0.2) is 0 Å². The van der Waals surface area contributed by atoms with Crippen molar-refractivity contribution < 1.29 is 23.7 Å². The van der Waals surface area contributed by atoms with Gasteiger partial charge in [0.25, 0.3) is 0 Å². The maximum atomic E-state index is 5.76. The maximum absolute atomic E-state index is 5.76. The number of hydrogen-bond donors (Lipinski definition) is 0. The third kappa shape index (κ3) is 3.35. The molecule has 0 aromatic carbocycles. The van der Waals surface area contributed by atoms with E-state index >= 15 is 0 Å². The summed E-state index contributed by atoms with van der Waals surface area (Å²) >= 11 is 0. The van der Waals surface area contributed by atoms with Gasteiger partial charge in [0, 0.05) is 5.92 Å². The van der Waals surface area contributed by atoms with Gasteiger partial charge in [0.05, 0.1) is 33.0 Å². The molecule has 109 valence electrons. The smallest absolute Gasteiger partial charge is 0.366 e. The molecule has 0 aromatic rings. The van der Waals surface area contributed by atoms with Crippen molar-refractivity contribution in [2.75, 3.05) is 33.0 Å². The summed E-state index contributed by atoms with van der Waals surface area (Å²) in [6, 6.07) is 0. The largest absolute Gasteiger partial charge is 0.412 e. The van der Waals surface area contributed by atoms with E-state index in [0.717, 1.165) is 6.42 Å². The summed E-state index contributed by atoms with van der Waals surface area (Å²) in [7, 11) is 0. The first-order chi connectivity index (χ1) is 9.17. The summed E-state index contributed by atoms with van der Waals surface area (Å²) in [6.45, 7) is 10.0. The second-order valence-electron chi connectivity index (χ2n) is 4.93. The van der Waals surface area contributed by atoms with Gasteiger partial charge in [-0.15, -0.1) is 6.58 Å². The Morgan fingerprint density at radius 1 is 1.21 bits per heavy atom. The first-order valence-corrected chi connectivity index (χ1v) is 6.78. The van der Waals surface area contributed by atoms with Crippen LogP contribution in [0.5, 0.6) is 0 Å². The fraction of sp³-hybridized carbons (Fsp3) is 0.786. The van der Waals surface area contributed by atoms with Crippen molar-refractivity contribution in [2.24, 2.45) is 5.92 Å². The molecule has 2 fully saturated rings. The molecule has 0 atom stereocenters. The molecule has 0 bridgehead atoms. The van der Waals surface area contributed by atoms with Crippen LogP contribution in [0.4, 0.5) is 0 Å². The van der Waals surface area contributed by atoms with Gasteiger partial charge in [0.1, 0.15) is 5.60 Å². The lowest BCUT2D eigenvalue weighted by molar-refractivity contribution is -0.543. The van der Waals surface area contributed by atoms with Crippen LogP contribution in [0, 0.1) is 12.3 Å². The second-order valence-corrected chi connectivity index (χ2v) is 4.93. The molecule has 2 saturated heterocycles. The van der Waals surface area contributed by atoms with Crippen molar-refractivity contribution in [3.8, 4) is 0 Å². The van der Waals surface area contributed by atoms with Crippen LogP contribution in [-0.4, -0.2) is 44.8 Å². The van der Waals surface area contributed by atoms with E-state index in [1.807, 2.05) is 13.8 Å². The quantitative estimate of drug-likeness (QED) is 0.714. The van der Waals surface area contributed by atoms with Gasteiger partial charge >= 0.3 is 6.16 Å².